The van der Waals surface area contributed by atoms with Crippen molar-refractivity contribution in [2.24, 2.45) is 5.73 Å². The van der Waals surface area contributed by atoms with Gasteiger partial charge in [-0.05, 0) is 33.1 Å². The summed E-state index contributed by atoms with van der Waals surface area (Å²) in [6.07, 6.45) is 3.00. The predicted octanol–water partition coefficient (Wildman–Crippen LogP) is 1.44. The highest BCUT2D eigenvalue weighted by Gasteiger charge is 2.24. The molecule has 17 heavy (non-hydrogen) atoms. The first-order valence-electron chi connectivity index (χ1n) is 6.08. The Morgan fingerprint density at radius 3 is 2.88 bits per heavy atom. The zero-order chi connectivity index (χ0) is 12.3. The standard InChI is InChI=1S/C12H19N3O2/c1-3-16-11-6-8(2)14-12(15-11)17-10-5-4-9(13)7-10/h6,9-10H,3-5,7,13H2,1-2H3. The molecule has 0 saturated heterocycles. The summed E-state index contributed by atoms with van der Waals surface area (Å²) in [6.45, 7) is 4.41. The Labute approximate surface area is 101 Å². The average Bonchev–Trinajstić information content (AvgIpc) is 2.63. The summed E-state index contributed by atoms with van der Waals surface area (Å²) in [7, 11) is 0. The van der Waals surface area contributed by atoms with Crippen molar-refractivity contribution >= 4 is 0 Å². The van der Waals surface area contributed by atoms with Crippen LogP contribution in [0.25, 0.3) is 0 Å². The first kappa shape index (κ1) is 12.1. The van der Waals surface area contributed by atoms with Gasteiger partial charge in [0.15, 0.2) is 0 Å². The van der Waals surface area contributed by atoms with Crippen molar-refractivity contribution < 1.29 is 9.47 Å². The van der Waals surface area contributed by atoms with Crippen LogP contribution in [0, 0.1) is 6.92 Å². The van der Waals surface area contributed by atoms with Crippen molar-refractivity contribution in [1.82, 2.24) is 9.97 Å². The fraction of sp³-hybridized carbons (Fsp3) is 0.667. The zero-order valence-corrected chi connectivity index (χ0v) is 10.3. The van der Waals surface area contributed by atoms with E-state index >= 15 is 0 Å². The monoisotopic (exact) mass is 237 g/mol. The van der Waals surface area contributed by atoms with E-state index in [9.17, 15) is 0 Å². The molecular formula is C12H19N3O2. The molecule has 1 aromatic heterocycles. The maximum absolute atomic E-state index is 5.84. The molecule has 1 aliphatic carbocycles. The van der Waals surface area contributed by atoms with Gasteiger partial charge >= 0.3 is 6.01 Å². The summed E-state index contributed by atoms with van der Waals surface area (Å²) in [4.78, 5) is 8.47. The Balaban J connectivity index is 2.04. The van der Waals surface area contributed by atoms with Gasteiger partial charge in [-0.3, -0.25) is 0 Å². The van der Waals surface area contributed by atoms with Crippen LogP contribution < -0.4 is 15.2 Å². The molecule has 1 aliphatic rings. The molecule has 0 amide bonds. The molecule has 0 aromatic carbocycles. The smallest absolute Gasteiger partial charge is 0.320 e. The lowest BCUT2D eigenvalue weighted by Crippen LogP contribution is -2.20. The molecule has 0 aliphatic heterocycles. The summed E-state index contributed by atoms with van der Waals surface area (Å²) in [5, 5.41) is 0. The quantitative estimate of drug-likeness (QED) is 0.858. The average molecular weight is 237 g/mol. The van der Waals surface area contributed by atoms with Crippen LogP contribution in [0.2, 0.25) is 0 Å². The van der Waals surface area contributed by atoms with Gasteiger partial charge in [-0.1, -0.05) is 0 Å². The van der Waals surface area contributed by atoms with Gasteiger partial charge in [-0.25, -0.2) is 4.98 Å². The highest BCUT2D eigenvalue weighted by molar-refractivity contribution is 5.17. The lowest BCUT2D eigenvalue weighted by Gasteiger charge is -2.12. The molecule has 2 unspecified atom stereocenters. The number of rotatable bonds is 4. The van der Waals surface area contributed by atoms with Crippen LogP contribution in [0.5, 0.6) is 11.9 Å². The van der Waals surface area contributed by atoms with E-state index < -0.39 is 0 Å². The van der Waals surface area contributed by atoms with Gasteiger partial charge in [0.2, 0.25) is 5.88 Å². The molecule has 1 saturated carbocycles. The molecule has 1 heterocycles. The normalized spacial score (nSPS) is 23.7. The first-order valence-corrected chi connectivity index (χ1v) is 6.08. The molecule has 5 heteroatoms. The van der Waals surface area contributed by atoms with E-state index in [0.717, 1.165) is 25.0 Å². The molecule has 0 radical (unpaired) electrons. The fourth-order valence-electron chi connectivity index (χ4n) is 2.02. The van der Waals surface area contributed by atoms with Crippen LogP contribution in [0.4, 0.5) is 0 Å². The molecule has 94 valence electrons. The Morgan fingerprint density at radius 1 is 1.41 bits per heavy atom. The van der Waals surface area contributed by atoms with Gasteiger partial charge in [0.1, 0.15) is 6.10 Å². The van der Waals surface area contributed by atoms with Gasteiger partial charge < -0.3 is 15.2 Å². The van der Waals surface area contributed by atoms with E-state index in [0.29, 0.717) is 18.5 Å². The molecule has 0 spiro atoms. The Morgan fingerprint density at radius 2 is 2.24 bits per heavy atom. The van der Waals surface area contributed by atoms with E-state index in [1.54, 1.807) is 6.07 Å². The molecule has 2 rings (SSSR count). The van der Waals surface area contributed by atoms with Crippen molar-refractivity contribution in [2.75, 3.05) is 6.61 Å². The van der Waals surface area contributed by atoms with Crippen LogP contribution in [0.3, 0.4) is 0 Å². The summed E-state index contributed by atoms with van der Waals surface area (Å²) in [6, 6.07) is 2.44. The van der Waals surface area contributed by atoms with Gasteiger partial charge in [0, 0.05) is 17.8 Å². The Hall–Kier alpha value is -1.36. The van der Waals surface area contributed by atoms with Crippen LogP contribution in [0.15, 0.2) is 6.07 Å². The number of ether oxygens (including phenoxy) is 2. The lowest BCUT2D eigenvalue weighted by molar-refractivity contribution is 0.186. The van der Waals surface area contributed by atoms with Crippen molar-refractivity contribution in [3.05, 3.63) is 11.8 Å². The fourth-order valence-corrected chi connectivity index (χ4v) is 2.02. The van der Waals surface area contributed by atoms with Crippen molar-refractivity contribution in [2.45, 2.75) is 45.3 Å². The van der Waals surface area contributed by atoms with Gasteiger partial charge in [0.05, 0.1) is 6.61 Å². The van der Waals surface area contributed by atoms with Crippen LogP contribution in [0.1, 0.15) is 31.9 Å². The molecule has 2 N–H and O–H groups in total. The van der Waals surface area contributed by atoms with Crippen LogP contribution >= 0.6 is 0 Å². The number of hydrogen-bond donors (Lipinski definition) is 1. The van der Waals surface area contributed by atoms with E-state index in [-0.39, 0.29) is 12.1 Å². The van der Waals surface area contributed by atoms with E-state index in [2.05, 4.69) is 9.97 Å². The largest absolute Gasteiger partial charge is 0.478 e. The van der Waals surface area contributed by atoms with Crippen molar-refractivity contribution in [3.8, 4) is 11.9 Å². The maximum Gasteiger partial charge on any atom is 0.320 e. The predicted molar refractivity (Wildman–Crippen MR) is 64.2 cm³/mol. The summed E-state index contributed by atoms with van der Waals surface area (Å²) in [5.41, 5.74) is 6.69. The third-order valence-corrected chi connectivity index (χ3v) is 2.80. The van der Waals surface area contributed by atoms with Crippen LogP contribution in [-0.2, 0) is 0 Å². The highest BCUT2D eigenvalue weighted by Crippen LogP contribution is 2.23. The number of aromatic nitrogens is 2. The third kappa shape index (κ3) is 3.30. The molecule has 5 nitrogen and oxygen atoms in total. The van der Waals surface area contributed by atoms with Gasteiger partial charge in [0.25, 0.3) is 0 Å². The topological polar surface area (TPSA) is 70.3 Å². The Kier molecular flexibility index (Phi) is 3.78. The lowest BCUT2D eigenvalue weighted by atomic mass is 10.3. The second kappa shape index (κ2) is 5.31. The third-order valence-electron chi connectivity index (χ3n) is 2.80. The number of nitrogens with zero attached hydrogens (tertiary/aromatic N) is 2. The summed E-state index contributed by atoms with van der Waals surface area (Å²) < 4.78 is 11.1. The number of nitrogens with two attached hydrogens (primary N) is 1. The Bertz CT molecular complexity index is 384. The molecule has 1 aromatic rings. The van der Waals surface area contributed by atoms with Crippen molar-refractivity contribution in [1.29, 1.82) is 0 Å². The first-order chi connectivity index (χ1) is 8.17. The van der Waals surface area contributed by atoms with E-state index in [1.165, 1.54) is 0 Å². The van der Waals surface area contributed by atoms with Crippen molar-refractivity contribution in [3.63, 3.8) is 0 Å². The molecule has 1 fully saturated rings. The second-order valence-corrected chi connectivity index (χ2v) is 4.38. The highest BCUT2D eigenvalue weighted by atomic mass is 16.5. The summed E-state index contributed by atoms with van der Waals surface area (Å²) in [5.74, 6) is 0.567. The van der Waals surface area contributed by atoms with Gasteiger partial charge in [-0.2, -0.15) is 4.98 Å². The minimum Gasteiger partial charge on any atom is -0.478 e. The molecular weight excluding hydrogens is 218 g/mol. The SMILES string of the molecule is CCOc1cc(C)nc(OC2CCC(N)C2)n1. The van der Waals surface area contributed by atoms with E-state index in [4.69, 9.17) is 15.2 Å². The second-order valence-electron chi connectivity index (χ2n) is 4.38. The molecule has 2 atom stereocenters. The van der Waals surface area contributed by atoms with Crippen LogP contribution in [-0.4, -0.2) is 28.7 Å². The zero-order valence-electron chi connectivity index (χ0n) is 10.3. The summed E-state index contributed by atoms with van der Waals surface area (Å²) >= 11 is 0. The van der Waals surface area contributed by atoms with Gasteiger partial charge in [-0.15, -0.1) is 0 Å². The van der Waals surface area contributed by atoms with E-state index in [1.807, 2.05) is 13.8 Å². The molecule has 0 bridgehead atoms. The maximum atomic E-state index is 5.84. The minimum atomic E-state index is 0.140. The number of aryl methyl sites for hydroxylation is 1. The minimum absolute atomic E-state index is 0.140. The number of hydrogen-bond acceptors (Lipinski definition) is 5.